The van der Waals surface area contributed by atoms with Gasteiger partial charge in [0.2, 0.25) is 0 Å². The highest BCUT2D eigenvalue weighted by molar-refractivity contribution is 14.1. The summed E-state index contributed by atoms with van der Waals surface area (Å²) in [4.78, 5) is 17.2. The van der Waals surface area contributed by atoms with Crippen LogP contribution in [-0.4, -0.2) is 14.6 Å². The van der Waals surface area contributed by atoms with Gasteiger partial charge in [-0.05, 0) is 47.2 Å². The predicted molar refractivity (Wildman–Crippen MR) is 102 cm³/mol. The second-order valence-corrected chi connectivity index (χ2v) is 8.33. The summed E-state index contributed by atoms with van der Waals surface area (Å²) < 4.78 is 1.88. The molecule has 2 heterocycles. The van der Waals surface area contributed by atoms with Gasteiger partial charge in [-0.2, -0.15) is 10.4 Å². The molecule has 0 fully saturated rings. The molecule has 0 spiro atoms. The van der Waals surface area contributed by atoms with Crippen LogP contribution in [0.2, 0.25) is 0 Å². The Labute approximate surface area is 155 Å². The van der Waals surface area contributed by atoms with Crippen molar-refractivity contribution < 1.29 is 0 Å². The van der Waals surface area contributed by atoms with E-state index in [4.69, 9.17) is 0 Å². The lowest BCUT2D eigenvalue weighted by molar-refractivity contribution is 0.764. The summed E-state index contributed by atoms with van der Waals surface area (Å²) >= 11 is 5.11. The normalized spacial score (nSPS) is 16.4. The minimum Gasteiger partial charge on any atom is -0.267 e. The Morgan fingerprint density at radius 1 is 1.52 bits per heavy atom. The fourth-order valence-electron chi connectivity index (χ4n) is 2.13. The summed E-state index contributed by atoms with van der Waals surface area (Å²) in [5, 5.41) is 15.5. The standard InChI is InChI=1S/C15H11IN4OS2/c1-8-12-6-18-20-14(21)13(12)23-15(19-8)22-7-9-2-3-11(16)4-10(9)5-17/h2-4,6,8H,7H2,1H3,(H,20,21). The number of H-pyrrole nitrogens is 1. The SMILES string of the molecule is CC1N=C(SCc2ccc(I)cc2C#N)Sc2c1cn[nH]c2=O. The van der Waals surface area contributed by atoms with E-state index in [-0.39, 0.29) is 11.6 Å². The Bertz CT molecular complexity index is 888. The summed E-state index contributed by atoms with van der Waals surface area (Å²) in [6.45, 7) is 1.95. The van der Waals surface area contributed by atoms with Crippen LogP contribution in [0.15, 0.2) is 39.1 Å². The van der Waals surface area contributed by atoms with Gasteiger partial charge in [-0.1, -0.05) is 29.6 Å². The molecule has 3 rings (SSSR count). The predicted octanol–water partition coefficient (Wildman–Crippen LogP) is 3.70. The molecule has 1 aliphatic rings. The number of aromatic amines is 1. The molecule has 0 amide bonds. The van der Waals surface area contributed by atoms with Crippen LogP contribution in [0.3, 0.4) is 0 Å². The quantitative estimate of drug-likeness (QED) is 0.700. The molecule has 5 nitrogen and oxygen atoms in total. The maximum absolute atomic E-state index is 11.9. The number of aromatic nitrogens is 2. The molecule has 2 aromatic rings. The summed E-state index contributed by atoms with van der Waals surface area (Å²) in [6, 6.07) is 7.97. The van der Waals surface area contributed by atoms with Crippen LogP contribution in [0.25, 0.3) is 0 Å². The average Bonchev–Trinajstić information content (AvgIpc) is 2.54. The summed E-state index contributed by atoms with van der Waals surface area (Å²) in [5.41, 5.74) is 2.33. The topological polar surface area (TPSA) is 81.9 Å². The lowest BCUT2D eigenvalue weighted by atomic mass is 10.1. The number of hydrogen-bond acceptors (Lipinski definition) is 6. The third-order valence-corrected chi connectivity index (χ3v) is 6.31. The molecule has 1 unspecified atom stereocenters. The van der Waals surface area contributed by atoms with Gasteiger partial charge in [-0.15, -0.1) is 0 Å². The zero-order valence-electron chi connectivity index (χ0n) is 12.0. The lowest BCUT2D eigenvalue weighted by Gasteiger charge is -2.18. The van der Waals surface area contributed by atoms with Crippen molar-refractivity contribution in [1.82, 2.24) is 10.2 Å². The van der Waals surface area contributed by atoms with Crippen LogP contribution in [-0.2, 0) is 5.75 Å². The molecule has 0 radical (unpaired) electrons. The van der Waals surface area contributed by atoms with Gasteiger partial charge in [0.15, 0.2) is 0 Å². The Balaban J connectivity index is 1.79. The van der Waals surface area contributed by atoms with E-state index in [2.05, 4.69) is 43.8 Å². The molecule has 0 saturated heterocycles. The number of benzene rings is 1. The van der Waals surface area contributed by atoms with Crippen molar-refractivity contribution in [3.05, 3.63) is 55.0 Å². The number of thioether (sulfide) groups is 2. The van der Waals surface area contributed by atoms with Gasteiger partial charge in [-0.25, -0.2) is 5.10 Å². The van der Waals surface area contributed by atoms with Crippen molar-refractivity contribution >= 4 is 50.5 Å². The molecule has 0 bridgehead atoms. The molecule has 0 aliphatic carbocycles. The number of hydrogen-bond donors (Lipinski definition) is 1. The third-order valence-electron chi connectivity index (χ3n) is 3.32. The molecular weight excluding hydrogens is 443 g/mol. The van der Waals surface area contributed by atoms with Crippen molar-refractivity contribution in [1.29, 1.82) is 5.26 Å². The third kappa shape index (κ3) is 3.62. The molecule has 1 aromatic heterocycles. The highest BCUT2D eigenvalue weighted by Gasteiger charge is 2.22. The van der Waals surface area contributed by atoms with E-state index in [0.29, 0.717) is 16.2 Å². The van der Waals surface area contributed by atoms with Crippen LogP contribution in [0.1, 0.15) is 29.7 Å². The van der Waals surface area contributed by atoms with Crippen LogP contribution in [0, 0.1) is 14.9 Å². The summed E-state index contributed by atoms with van der Waals surface area (Å²) in [7, 11) is 0. The zero-order valence-corrected chi connectivity index (χ0v) is 15.8. The van der Waals surface area contributed by atoms with Crippen molar-refractivity contribution in [3.63, 3.8) is 0 Å². The van der Waals surface area contributed by atoms with Gasteiger partial charge in [0.25, 0.3) is 5.56 Å². The number of fused-ring (bicyclic) bond motifs is 1. The smallest absolute Gasteiger partial charge is 0.267 e. The molecule has 1 aromatic carbocycles. The number of nitrogens with zero attached hydrogens (tertiary/aromatic N) is 3. The maximum atomic E-state index is 11.9. The summed E-state index contributed by atoms with van der Waals surface area (Å²) in [5.74, 6) is 0.649. The minimum atomic E-state index is -0.181. The highest BCUT2D eigenvalue weighted by atomic mass is 127. The first-order chi connectivity index (χ1) is 11.1. The Morgan fingerprint density at radius 2 is 2.35 bits per heavy atom. The minimum absolute atomic E-state index is 0.0873. The Morgan fingerprint density at radius 3 is 3.13 bits per heavy atom. The largest absolute Gasteiger partial charge is 0.278 e. The molecule has 1 atom stereocenters. The first-order valence-corrected chi connectivity index (χ1v) is 9.61. The summed E-state index contributed by atoms with van der Waals surface area (Å²) in [6.07, 6.45) is 1.66. The number of aliphatic imine (C=N–C) groups is 1. The Kier molecular flexibility index (Phi) is 5.08. The van der Waals surface area contributed by atoms with Crippen molar-refractivity contribution in [2.24, 2.45) is 4.99 Å². The van der Waals surface area contributed by atoms with E-state index in [9.17, 15) is 10.1 Å². The lowest BCUT2D eigenvalue weighted by Crippen LogP contribution is -2.17. The average molecular weight is 454 g/mol. The first-order valence-electron chi connectivity index (χ1n) is 6.73. The fraction of sp³-hybridized carbons (Fsp3) is 0.200. The second kappa shape index (κ2) is 7.07. The molecular formula is C15H11IN4OS2. The van der Waals surface area contributed by atoms with Crippen LogP contribution in [0.5, 0.6) is 0 Å². The van der Waals surface area contributed by atoms with Gasteiger partial charge < -0.3 is 0 Å². The van der Waals surface area contributed by atoms with Gasteiger partial charge in [-0.3, -0.25) is 9.79 Å². The van der Waals surface area contributed by atoms with Gasteiger partial charge in [0.1, 0.15) is 4.38 Å². The molecule has 0 saturated carbocycles. The zero-order chi connectivity index (χ0) is 16.4. The van der Waals surface area contributed by atoms with Crippen molar-refractivity contribution in [2.75, 3.05) is 0 Å². The van der Waals surface area contributed by atoms with E-state index in [1.165, 1.54) is 11.8 Å². The molecule has 23 heavy (non-hydrogen) atoms. The number of rotatable bonds is 2. The van der Waals surface area contributed by atoms with Crippen molar-refractivity contribution in [3.8, 4) is 6.07 Å². The molecule has 116 valence electrons. The van der Waals surface area contributed by atoms with Crippen LogP contribution in [0.4, 0.5) is 0 Å². The van der Waals surface area contributed by atoms with Crippen molar-refractivity contribution in [2.45, 2.75) is 23.6 Å². The van der Waals surface area contributed by atoms with E-state index < -0.39 is 0 Å². The van der Waals surface area contributed by atoms with Gasteiger partial charge >= 0.3 is 0 Å². The second-order valence-electron chi connectivity index (χ2n) is 4.86. The highest BCUT2D eigenvalue weighted by Crippen LogP contribution is 2.37. The van der Waals surface area contributed by atoms with E-state index >= 15 is 0 Å². The first kappa shape index (κ1) is 16.5. The molecule has 1 N–H and O–H groups in total. The van der Waals surface area contributed by atoms with E-state index in [1.54, 1.807) is 18.0 Å². The number of nitrogens with one attached hydrogen (secondary N) is 1. The van der Waals surface area contributed by atoms with Gasteiger partial charge in [0.05, 0.1) is 28.8 Å². The fourth-order valence-corrected chi connectivity index (χ4v) is 4.91. The van der Waals surface area contributed by atoms with E-state index in [1.807, 2.05) is 25.1 Å². The van der Waals surface area contributed by atoms with Crippen LogP contribution >= 0.6 is 46.1 Å². The van der Waals surface area contributed by atoms with E-state index in [0.717, 1.165) is 19.1 Å². The molecule has 1 aliphatic heterocycles. The molecule has 8 heteroatoms. The maximum Gasteiger partial charge on any atom is 0.278 e. The van der Waals surface area contributed by atoms with Gasteiger partial charge in [0, 0.05) is 14.9 Å². The number of halogens is 1. The Hall–Kier alpha value is -1.31. The monoisotopic (exact) mass is 454 g/mol. The van der Waals surface area contributed by atoms with Crippen LogP contribution < -0.4 is 5.56 Å². The number of nitriles is 1.